The van der Waals surface area contributed by atoms with Gasteiger partial charge in [0, 0.05) is 30.1 Å². The molecule has 150 valence electrons. The Labute approximate surface area is 169 Å². The Morgan fingerprint density at radius 3 is 2.48 bits per heavy atom. The molecular formula is C22H23N3O4. The van der Waals surface area contributed by atoms with E-state index >= 15 is 0 Å². The van der Waals surface area contributed by atoms with Crippen molar-refractivity contribution in [3.63, 3.8) is 0 Å². The van der Waals surface area contributed by atoms with Gasteiger partial charge in [-0.2, -0.15) is 0 Å². The van der Waals surface area contributed by atoms with Crippen molar-refractivity contribution < 1.29 is 19.0 Å². The molecule has 0 aliphatic rings. The van der Waals surface area contributed by atoms with Crippen LogP contribution in [0.25, 0.3) is 0 Å². The maximum Gasteiger partial charge on any atom is 0.274 e. The number of aromatic nitrogens is 1. The lowest BCUT2D eigenvalue weighted by Gasteiger charge is -2.13. The minimum absolute atomic E-state index is 0.285. The molecule has 0 aliphatic heterocycles. The summed E-state index contributed by atoms with van der Waals surface area (Å²) >= 11 is 0. The summed E-state index contributed by atoms with van der Waals surface area (Å²) in [5, 5.41) is 6.11. The first-order valence-electron chi connectivity index (χ1n) is 8.99. The van der Waals surface area contributed by atoms with Crippen molar-refractivity contribution in [2.75, 3.05) is 32.0 Å². The highest BCUT2D eigenvalue weighted by Crippen LogP contribution is 2.29. The average molecular weight is 393 g/mol. The van der Waals surface area contributed by atoms with Gasteiger partial charge in [-0.25, -0.2) is 0 Å². The van der Waals surface area contributed by atoms with Crippen LogP contribution in [0.4, 0.5) is 11.4 Å². The third-order valence-electron chi connectivity index (χ3n) is 4.32. The van der Waals surface area contributed by atoms with Crippen LogP contribution in [-0.2, 0) is 6.54 Å². The summed E-state index contributed by atoms with van der Waals surface area (Å²) in [6.45, 7) is 0.557. The first-order valence-corrected chi connectivity index (χ1v) is 8.99. The zero-order valence-electron chi connectivity index (χ0n) is 16.6. The lowest BCUT2D eigenvalue weighted by atomic mass is 10.2. The molecule has 0 atom stereocenters. The van der Waals surface area contributed by atoms with Crippen LogP contribution in [0, 0.1) is 0 Å². The highest BCUT2D eigenvalue weighted by molar-refractivity contribution is 6.04. The number of nitrogens with zero attached hydrogens (tertiary/aromatic N) is 1. The third kappa shape index (κ3) is 4.95. The Bertz CT molecular complexity index is 991. The van der Waals surface area contributed by atoms with Gasteiger partial charge in [-0.3, -0.25) is 9.78 Å². The summed E-state index contributed by atoms with van der Waals surface area (Å²) < 4.78 is 15.9. The highest BCUT2D eigenvalue weighted by atomic mass is 16.5. The number of nitrogens with one attached hydrogen (secondary N) is 2. The fourth-order valence-electron chi connectivity index (χ4n) is 2.80. The predicted octanol–water partition coefficient (Wildman–Crippen LogP) is 3.97. The van der Waals surface area contributed by atoms with E-state index in [0.29, 0.717) is 23.7 Å². The average Bonchev–Trinajstić information content (AvgIpc) is 2.78. The Hall–Kier alpha value is -3.74. The first kappa shape index (κ1) is 20.0. The Balaban J connectivity index is 1.71. The molecule has 3 aromatic rings. The van der Waals surface area contributed by atoms with Gasteiger partial charge in [0.15, 0.2) is 0 Å². The number of carbonyl (C=O) groups is 1. The van der Waals surface area contributed by atoms with Crippen molar-refractivity contribution in [3.05, 3.63) is 72.1 Å². The zero-order valence-corrected chi connectivity index (χ0v) is 16.6. The smallest absolute Gasteiger partial charge is 0.274 e. The predicted molar refractivity (Wildman–Crippen MR) is 112 cm³/mol. The van der Waals surface area contributed by atoms with Crippen molar-refractivity contribution in [1.82, 2.24) is 4.98 Å². The number of ether oxygens (including phenoxy) is 3. The first-order chi connectivity index (χ1) is 14.1. The van der Waals surface area contributed by atoms with Crippen LogP contribution in [0.15, 0.2) is 60.8 Å². The number of rotatable bonds is 8. The van der Waals surface area contributed by atoms with Gasteiger partial charge in [0.25, 0.3) is 5.91 Å². The van der Waals surface area contributed by atoms with Gasteiger partial charge in [0.1, 0.15) is 22.9 Å². The molecule has 1 heterocycles. The lowest BCUT2D eigenvalue weighted by Crippen LogP contribution is -2.14. The maximum absolute atomic E-state index is 12.7. The molecule has 7 heteroatoms. The number of methoxy groups -OCH3 is 3. The number of hydrogen-bond acceptors (Lipinski definition) is 6. The van der Waals surface area contributed by atoms with Crippen LogP contribution in [0.1, 0.15) is 16.1 Å². The number of carbonyl (C=O) groups excluding carboxylic acids is 1. The molecule has 7 nitrogen and oxygen atoms in total. The van der Waals surface area contributed by atoms with Crippen molar-refractivity contribution >= 4 is 17.3 Å². The molecule has 2 aromatic carbocycles. The molecule has 0 saturated heterocycles. The van der Waals surface area contributed by atoms with E-state index in [4.69, 9.17) is 14.2 Å². The standard InChI is InChI=1S/C22H23N3O4/c1-27-17-8-9-18(21(13-17)29-3)25-22(26)19-12-16(10-11-23-19)24-14-15-6-4-5-7-20(15)28-2/h4-13H,14H2,1-3H3,(H,23,24)(H,25,26). The second kappa shape index (κ2) is 9.45. The quantitative estimate of drug-likeness (QED) is 0.603. The van der Waals surface area contributed by atoms with Crippen molar-refractivity contribution in [3.8, 4) is 17.2 Å². The molecule has 2 N–H and O–H groups in total. The van der Waals surface area contributed by atoms with Crippen molar-refractivity contribution in [2.45, 2.75) is 6.54 Å². The summed E-state index contributed by atoms with van der Waals surface area (Å²) in [4.78, 5) is 16.8. The highest BCUT2D eigenvalue weighted by Gasteiger charge is 2.13. The summed E-state index contributed by atoms with van der Waals surface area (Å²) in [7, 11) is 4.74. The third-order valence-corrected chi connectivity index (χ3v) is 4.32. The molecule has 0 aliphatic carbocycles. The molecule has 0 saturated carbocycles. The molecule has 1 aromatic heterocycles. The molecule has 0 spiro atoms. The van der Waals surface area contributed by atoms with E-state index in [0.717, 1.165) is 17.0 Å². The van der Waals surface area contributed by atoms with E-state index in [1.54, 1.807) is 50.7 Å². The summed E-state index contributed by atoms with van der Waals surface area (Å²) in [5.74, 6) is 1.61. The SMILES string of the molecule is COc1ccc(NC(=O)c2cc(NCc3ccccc3OC)ccn2)c(OC)c1. The number of anilines is 2. The Morgan fingerprint density at radius 2 is 1.72 bits per heavy atom. The second-order valence-electron chi connectivity index (χ2n) is 6.12. The van der Waals surface area contributed by atoms with Crippen molar-refractivity contribution in [2.24, 2.45) is 0 Å². The van der Waals surface area contributed by atoms with Crippen LogP contribution in [-0.4, -0.2) is 32.2 Å². The fourth-order valence-corrected chi connectivity index (χ4v) is 2.80. The van der Waals surface area contributed by atoms with Crippen LogP contribution in [0.2, 0.25) is 0 Å². The molecule has 1 amide bonds. The van der Waals surface area contributed by atoms with Crippen LogP contribution in [0.3, 0.4) is 0 Å². The van der Waals surface area contributed by atoms with E-state index in [1.165, 1.54) is 7.11 Å². The van der Waals surface area contributed by atoms with Crippen molar-refractivity contribution in [1.29, 1.82) is 0 Å². The fraction of sp³-hybridized carbons (Fsp3) is 0.182. The minimum atomic E-state index is -0.339. The summed E-state index contributed by atoms with van der Waals surface area (Å²) in [6.07, 6.45) is 1.59. The van der Waals surface area contributed by atoms with E-state index < -0.39 is 0 Å². The molecule has 29 heavy (non-hydrogen) atoms. The van der Waals surface area contributed by atoms with Gasteiger partial charge in [-0.05, 0) is 30.3 Å². The van der Waals surface area contributed by atoms with Gasteiger partial charge in [-0.15, -0.1) is 0 Å². The summed E-state index contributed by atoms with van der Waals surface area (Å²) in [6, 6.07) is 16.4. The van der Waals surface area contributed by atoms with E-state index in [2.05, 4.69) is 15.6 Å². The zero-order chi connectivity index (χ0) is 20.6. The molecule has 0 bridgehead atoms. The van der Waals surface area contributed by atoms with Crippen LogP contribution < -0.4 is 24.8 Å². The monoisotopic (exact) mass is 393 g/mol. The van der Waals surface area contributed by atoms with Crippen LogP contribution in [0.5, 0.6) is 17.2 Å². The maximum atomic E-state index is 12.7. The van der Waals surface area contributed by atoms with E-state index in [1.807, 2.05) is 24.3 Å². The number of benzene rings is 2. The largest absolute Gasteiger partial charge is 0.497 e. The number of amides is 1. The Morgan fingerprint density at radius 1 is 0.931 bits per heavy atom. The number of hydrogen-bond donors (Lipinski definition) is 2. The normalized spacial score (nSPS) is 10.2. The summed E-state index contributed by atoms with van der Waals surface area (Å²) in [5.41, 5.74) is 2.61. The minimum Gasteiger partial charge on any atom is -0.497 e. The van der Waals surface area contributed by atoms with E-state index in [9.17, 15) is 4.79 Å². The van der Waals surface area contributed by atoms with Crippen LogP contribution >= 0.6 is 0 Å². The number of pyridine rings is 1. The van der Waals surface area contributed by atoms with Gasteiger partial charge in [0.2, 0.25) is 0 Å². The topological polar surface area (TPSA) is 81.7 Å². The van der Waals surface area contributed by atoms with E-state index in [-0.39, 0.29) is 11.6 Å². The molecule has 0 fully saturated rings. The number of para-hydroxylation sites is 1. The Kier molecular flexibility index (Phi) is 6.52. The molecule has 0 unspecified atom stereocenters. The second-order valence-corrected chi connectivity index (χ2v) is 6.12. The van der Waals surface area contributed by atoms with Gasteiger partial charge >= 0.3 is 0 Å². The van der Waals surface area contributed by atoms with Gasteiger partial charge in [-0.1, -0.05) is 18.2 Å². The molecule has 0 radical (unpaired) electrons. The van der Waals surface area contributed by atoms with Gasteiger partial charge < -0.3 is 24.8 Å². The molecular weight excluding hydrogens is 370 g/mol. The molecule has 3 rings (SSSR count). The lowest BCUT2D eigenvalue weighted by molar-refractivity contribution is 0.102. The van der Waals surface area contributed by atoms with Gasteiger partial charge in [0.05, 0.1) is 27.0 Å².